The first-order valence-corrected chi connectivity index (χ1v) is 6.43. The number of carboxylic acids is 1. The molecule has 0 atom stereocenters. The smallest absolute Gasteiger partial charge is 0.339 e. The van der Waals surface area contributed by atoms with Crippen LogP contribution in [-0.2, 0) is 4.79 Å². The molecule has 0 aliphatic heterocycles. The van der Waals surface area contributed by atoms with E-state index in [0.717, 1.165) is 18.9 Å². The van der Waals surface area contributed by atoms with Gasteiger partial charge in [-0.1, -0.05) is 19.9 Å². The molecule has 0 aliphatic rings. The number of benzene rings is 1. The van der Waals surface area contributed by atoms with Crippen molar-refractivity contribution in [1.29, 1.82) is 0 Å². The minimum absolute atomic E-state index is 0.0330. The molecule has 0 spiro atoms. The van der Waals surface area contributed by atoms with E-state index in [4.69, 9.17) is 9.84 Å². The van der Waals surface area contributed by atoms with Gasteiger partial charge in [-0.3, -0.25) is 4.79 Å². The fraction of sp³-hybridized carbons (Fsp3) is 0.429. The van der Waals surface area contributed by atoms with E-state index in [0.29, 0.717) is 0 Å². The highest BCUT2D eigenvalue weighted by Crippen LogP contribution is 2.22. The van der Waals surface area contributed by atoms with Crippen LogP contribution in [0.2, 0.25) is 0 Å². The van der Waals surface area contributed by atoms with Crippen LogP contribution in [0.4, 0.5) is 4.39 Å². The lowest BCUT2D eigenvalue weighted by atomic mass is 10.2. The van der Waals surface area contributed by atoms with Crippen molar-refractivity contribution < 1.29 is 23.8 Å². The molecule has 0 radical (unpaired) electrons. The standard InChI is InChI=1S/C14H18FNO4/c1-3-9(4-2)16-12(17)8-20-13-10(14(18)19)6-5-7-11(13)15/h5-7,9H,3-4,8H2,1-2H3,(H,16,17)(H,18,19). The van der Waals surface area contributed by atoms with Crippen LogP contribution in [0, 0.1) is 5.82 Å². The molecule has 20 heavy (non-hydrogen) atoms. The summed E-state index contributed by atoms with van der Waals surface area (Å²) >= 11 is 0. The number of ether oxygens (including phenoxy) is 1. The van der Waals surface area contributed by atoms with Crippen molar-refractivity contribution >= 4 is 11.9 Å². The van der Waals surface area contributed by atoms with Crippen LogP contribution in [0.15, 0.2) is 18.2 Å². The number of carbonyl (C=O) groups is 2. The van der Waals surface area contributed by atoms with E-state index < -0.39 is 30.1 Å². The van der Waals surface area contributed by atoms with E-state index in [-0.39, 0.29) is 11.6 Å². The average Bonchev–Trinajstić information content (AvgIpc) is 2.42. The number of para-hydroxylation sites is 1. The Hall–Kier alpha value is -2.11. The average molecular weight is 283 g/mol. The van der Waals surface area contributed by atoms with Crippen molar-refractivity contribution in [2.45, 2.75) is 32.7 Å². The van der Waals surface area contributed by atoms with Gasteiger partial charge in [0.05, 0.1) is 0 Å². The molecule has 5 nitrogen and oxygen atoms in total. The van der Waals surface area contributed by atoms with Gasteiger partial charge in [0.1, 0.15) is 5.56 Å². The number of nitrogens with one attached hydrogen (secondary N) is 1. The van der Waals surface area contributed by atoms with Gasteiger partial charge >= 0.3 is 5.97 Å². The molecule has 110 valence electrons. The molecule has 1 rings (SSSR count). The summed E-state index contributed by atoms with van der Waals surface area (Å²) in [5.41, 5.74) is -0.305. The van der Waals surface area contributed by atoms with Crippen molar-refractivity contribution in [2.24, 2.45) is 0 Å². The lowest BCUT2D eigenvalue weighted by Gasteiger charge is -2.15. The summed E-state index contributed by atoms with van der Waals surface area (Å²) in [5, 5.41) is 11.7. The number of rotatable bonds is 7. The predicted molar refractivity (Wildman–Crippen MR) is 71.4 cm³/mol. The molecule has 0 fully saturated rings. The molecule has 0 saturated carbocycles. The molecule has 0 heterocycles. The van der Waals surface area contributed by atoms with Crippen LogP contribution in [0.5, 0.6) is 5.75 Å². The number of amides is 1. The monoisotopic (exact) mass is 283 g/mol. The molecule has 1 aromatic carbocycles. The second-order valence-electron chi connectivity index (χ2n) is 4.29. The number of halogens is 1. The van der Waals surface area contributed by atoms with Crippen molar-refractivity contribution in [1.82, 2.24) is 5.32 Å². The fourth-order valence-electron chi connectivity index (χ4n) is 1.72. The molecule has 2 N–H and O–H groups in total. The Bertz CT molecular complexity index is 486. The molecule has 0 bridgehead atoms. The Morgan fingerprint density at radius 2 is 2.00 bits per heavy atom. The highest BCUT2D eigenvalue weighted by molar-refractivity contribution is 5.91. The summed E-state index contributed by atoms with van der Waals surface area (Å²) in [6.07, 6.45) is 1.56. The first-order chi connectivity index (χ1) is 9.49. The highest BCUT2D eigenvalue weighted by Gasteiger charge is 2.17. The lowest BCUT2D eigenvalue weighted by molar-refractivity contribution is -0.123. The maximum absolute atomic E-state index is 13.5. The van der Waals surface area contributed by atoms with Gasteiger partial charge < -0.3 is 15.2 Å². The summed E-state index contributed by atoms with van der Waals surface area (Å²) in [6.45, 7) is 3.46. The number of carboxylic acid groups (broad SMARTS) is 1. The summed E-state index contributed by atoms with van der Waals surface area (Å²) < 4.78 is 18.5. The zero-order chi connectivity index (χ0) is 15.1. The third-order valence-electron chi connectivity index (χ3n) is 2.90. The molecule has 0 saturated heterocycles. The number of hydrogen-bond donors (Lipinski definition) is 2. The van der Waals surface area contributed by atoms with Crippen LogP contribution in [0.3, 0.4) is 0 Å². The molecule has 0 aromatic heterocycles. The second-order valence-corrected chi connectivity index (χ2v) is 4.29. The first-order valence-electron chi connectivity index (χ1n) is 6.43. The zero-order valence-corrected chi connectivity index (χ0v) is 11.5. The van der Waals surface area contributed by atoms with E-state index in [2.05, 4.69) is 5.32 Å². The van der Waals surface area contributed by atoms with Crippen LogP contribution >= 0.6 is 0 Å². The number of aromatic carboxylic acids is 1. The SMILES string of the molecule is CCC(CC)NC(=O)COc1c(F)cccc1C(=O)O. The maximum atomic E-state index is 13.5. The molecule has 1 amide bonds. The summed E-state index contributed by atoms with van der Waals surface area (Å²) in [6, 6.07) is 3.61. The minimum Gasteiger partial charge on any atom is -0.480 e. The number of carbonyl (C=O) groups excluding carboxylic acids is 1. The van der Waals surface area contributed by atoms with E-state index >= 15 is 0 Å². The predicted octanol–water partition coefficient (Wildman–Crippen LogP) is 2.21. The van der Waals surface area contributed by atoms with E-state index in [1.54, 1.807) is 0 Å². The topological polar surface area (TPSA) is 75.6 Å². The quantitative estimate of drug-likeness (QED) is 0.804. The Morgan fingerprint density at radius 1 is 1.35 bits per heavy atom. The Kier molecular flexibility index (Phi) is 5.96. The normalized spacial score (nSPS) is 10.4. The first kappa shape index (κ1) is 15.9. The van der Waals surface area contributed by atoms with E-state index in [1.807, 2.05) is 13.8 Å². The van der Waals surface area contributed by atoms with Crippen molar-refractivity contribution in [3.05, 3.63) is 29.6 Å². The molecule has 0 aliphatic carbocycles. The second kappa shape index (κ2) is 7.47. The molecular formula is C14H18FNO4. The van der Waals surface area contributed by atoms with Crippen LogP contribution in [0.1, 0.15) is 37.0 Å². The van der Waals surface area contributed by atoms with Crippen LogP contribution in [-0.4, -0.2) is 29.6 Å². The van der Waals surface area contributed by atoms with E-state index in [1.165, 1.54) is 12.1 Å². The molecular weight excluding hydrogens is 265 g/mol. The molecule has 1 aromatic rings. The van der Waals surface area contributed by atoms with Crippen LogP contribution in [0.25, 0.3) is 0 Å². The van der Waals surface area contributed by atoms with Crippen LogP contribution < -0.4 is 10.1 Å². The zero-order valence-electron chi connectivity index (χ0n) is 11.5. The minimum atomic E-state index is -1.31. The van der Waals surface area contributed by atoms with Crippen molar-refractivity contribution in [3.63, 3.8) is 0 Å². The summed E-state index contributed by atoms with van der Waals surface area (Å²) in [4.78, 5) is 22.6. The van der Waals surface area contributed by atoms with E-state index in [9.17, 15) is 14.0 Å². The molecule has 6 heteroatoms. The van der Waals surface area contributed by atoms with Gasteiger partial charge in [0, 0.05) is 6.04 Å². The Labute approximate surface area is 116 Å². The largest absolute Gasteiger partial charge is 0.480 e. The summed E-state index contributed by atoms with van der Waals surface area (Å²) in [7, 11) is 0. The van der Waals surface area contributed by atoms with Gasteiger partial charge in [-0.05, 0) is 25.0 Å². The number of hydrogen-bond acceptors (Lipinski definition) is 3. The van der Waals surface area contributed by atoms with Crippen molar-refractivity contribution in [3.8, 4) is 5.75 Å². The fourth-order valence-corrected chi connectivity index (χ4v) is 1.72. The summed E-state index contributed by atoms with van der Waals surface area (Å²) in [5.74, 6) is -2.93. The third-order valence-corrected chi connectivity index (χ3v) is 2.90. The Morgan fingerprint density at radius 3 is 2.55 bits per heavy atom. The highest BCUT2D eigenvalue weighted by atomic mass is 19.1. The van der Waals surface area contributed by atoms with Gasteiger partial charge in [-0.2, -0.15) is 0 Å². The molecule has 0 unspecified atom stereocenters. The third kappa shape index (κ3) is 4.22. The Balaban J connectivity index is 2.70. The maximum Gasteiger partial charge on any atom is 0.339 e. The van der Waals surface area contributed by atoms with Gasteiger partial charge in [0.15, 0.2) is 18.2 Å². The van der Waals surface area contributed by atoms with Gasteiger partial charge in [0.2, 0.25) is 0 Å². The van der Waals surface area contributed by atoms with Gasteiger partial charge in [-0.25, -0.2) is 9.18 Å². The van der Waals surface area contributed by atoms with Gasteiger partial charge in [0.25, 0.3) is 5.91 Å². The lowest BCUT2D eigenvalue weighted by Crippen LogP contribution is -2.37. The van der Waals surface area contributed by atoms with Gasteiger partial charge in [-0.15, -0.1) is 0 Å². The van der Waals surface area contributed by atoms with Crippen molar-refractivity contribution in [2.75, 3.05) is 6.61 Å².